The molecule has 0 saturated carbocycles. The topological polar surface area (TPSA) is 144 Å². The standard InChI is InChI=1S/C35H42ClN9O4Si/c1-48-35(47)39-26-12-13-27-24(17-26)9-7-5-6-8-10-32(34-40-30(27)20-43(34)23-49-15-16-50(2,3)4)44-21-37-29(19-33(44)46)28-18-25(36)11-14-31(28)45-22-38-41-42-45/h11-14,17-22,32H,5-10,15-16,23H2,1-4H3,(H,39,47)/t32-/m0/s1. The maximum Gasteiger partial charge on any atom is 0.411 e. The van der Waals surface area contributed by atoms with E-state index in [1.54, 1.807) is 29.1 Å². The van der Waals surface area contributed by atoms with Crippen molar-refractivity contribution in [3.8, 4) is 28.2 Å². The van der Waals surface area contributed by atoms with Gasteiger partial charge in [-0.3, -0.25) is 14.7 Å². The molecule has 5 aromatic rings. The number of carbonyl (C=O) groups is 1. The highest BCUT2D eigenvalue weighted by molar-refractivity contribution is 6.76. The fraction of sp³-hybridized carbons (Fsp3) is 0.400. The van der Waals surface area contributed by atoms with E-state index < -0.39 is 14.2 Å². The van der Waals surface area contributed by atoms with Gasteiger partial charge in [0.05, 0.1) is 36.6 Å². The highest BCUT2D eigenvalue weighted by atomic mass is 35.5. The van der Waals surface area contributed by atoms with Crippen LogP contribution in [0.5, 0.6) is 0 Å². The minimum atomic E-state index is -1.30. The predicted molar refractivity (Wildman–Crippen MR) is 194 cm³/mol. The van der Waals surface area contributed by atoms with Gasteiger partial charge < -0.3 is 14.0 Å². The van der Waals surface area contributed by atoms with Crippen LogP contribution < -0.4 is 10.9 Å². The Morgan fingerprint density at radius 3 is 2.62 bits per heavy atom. The fourth-order valence-corrected chi connectivity index (χ4v) is 7.07. The first-order valence-electron chi connectivity index (χ1n) is 16.8. The molecule has 3 aromatic heterocycles. The molecule has 1 atom stereocenters. The largest absolute Gasteiger partial charge is 0.453 e. The van der Waals surface area contributed by atoms with Crippen molar-refractivity contribution >= 4 is 31.5 Å². The Morgan fingerprint density at radius 2 is 1.86 bits per heavy atom. The number of nitrogens with one attached hydrogen (secondary N) is 1. The monoisotopic (exact) mass is 715 g/mol. The quantitative estimate of drug-likeness (QED) is 0.126. The van der Waals surface area contributed by atoms with Gasteiger partial charge in [-0.25, -0.2) is 14.8 Å². The molecule has 1 aliphatic rings. The first kappa shape index (κ1) is 35.2. The molecule has 0 spiro atoms. The van der Waals surface area contributed by atoms with Crippen LogP contribution in [0.3, 0.4) is 0 Å². The SMILES string of the molecule is COC(=O)Nc1ccc2c(c1)CCCCCC[C@H](n1cnc(-c3cc(Cl)ccc3-n3cnnn3)cc1=O)c1nc-2cn1COCC[Si](C)(C)C. The summed E-state index contributed by atoms with van der Waals surface area (Å²) in [4.78, 5) is 36.0. The summed E-state index contributed by atoms with van der Waals surface area (Å²) in [5.74, 6) is 0.727. The molecule has 50 heavy (non-hydrogen) atoms. The average molecular weight is 716 g/mol. The van der Waals surface area contributed by atoms with E-state index in [1.807, 2.05) is 29.0 Å². The second-order valence-corrected chi connectivity index (χ2v) is 19.8. The van der Waals surface area contributed by atoms with Crippen LogP contribution in [0.4, 0.5) is 10.5 Å². The molecule has 13 nitrogen and oxygen atoms in total. The Labute approximate surface area is 296 Å². The number of anilines is 1. The van der Waals surface area contributed by atoms with Crippen molar-refractivity contribution in [2.24, 2.45) is 0 Å². The van der Waals surface area contributed by atoms with Crippen LogP contribution in [0.15, 0.2) is 66.1 Å². The number of benzene rings is 2. The van der Waals surface area contributed by atoms with Gasteiger partial charge in [-0.2, -0.15) is 4.68 Å². The van der Waals surface area contributed by atoms with Gasteiger partial charge in [0.2, 0.25) is 0 Å². The number of rotatable bonds is 9. The molecular formula is C35H42ClN9O4Si. The number of aryl methyl sites for hydroxylation is 1. The summed E-state index contributed by atoms with van der Waals surface area (Å²) in [7, 11) is 0.0429. The number of hydrogen-bond acceptors (Lipinski definition) is 9. The lowest BCUT2D eigenvalue weighted by atomic mass is 9.97. The van der Waals surface area contributed by atoms with E-state index in [-0.39, 0.29) is 11.6 Å². The molecule has 0 saturated heterocycles. The number of methoxy groups -OCH3 is 1. The van der Waals surface area contributed by atoms with Gasteiger partial charge in [-0.15, -0.1) is 5.10 Å². The molecule has 1 amide bonds. The van der Waals surface area contributed by atoms with Crippen LogP contribution in [0.25, 0.3) is 28.2 Å². The molecule has 0 unspecified atom stereocenters. The first-order valence-corrected chi connectivity index (χ1v) is 20.9. The highest BCUT2D eigenvalue weighted by Crippen LogP contribution is 2.33. The number of aromatic nitrogens is 8. The maximum absolute atomic E-state index is 14.1. The number of amides is 1. The summed E-state index contributed by atoms with van der Waals surface area (Å²) in [5.41, 5.74) is 5.01. The van der Waals surface area contributed by atoms with Gasteiger partial charge in [-0.05, 0) is 71.6 Å². The van der Waals surface area contributed by atoms with Crippen molar-refractivity contribution in [3.05, 3.63) is 88.1 Å². The number of carbonyl (C=O) groups excluding carboxylic acids is 1. The van der Waals surface area contributed by atoms with Crippen LogP contribution in [0, 0.1) is 0 Å². The number of fused-ring (bicyclic) bond motifs is 4. The third-order valence-electron chi connectivity index (χ3n) is 8.82. The van der Waals surface area contributed by atoms with Gasteiger partial charge >= 0.3 is 6.09 Å². The molecule has 2 bridgehead atoms. The minimum Gasteiger partial charge on any atom is -0.453 e. The van der Waals surface area contributed by atoms with Crippen molar-refractivity contribution in [1.29, 1.82) is 0 Å². The van der Waals surface area contributed by atoms with Crippen LogP contribution >= 0.6 is 11.6 Å². The lowest BCUT2D eigenvalue weighted by Crippen LogP contribution is -2.28. The number of tetrazole rings is 1. The molecule has 15 heteroatoms. The molecule has 6 rings (SSSR count). The third kappa shape index (κ3) is 8.37. The van der Waals surface area contributed by atoms with Crippen molar-refractivity contribution in [3.63, 3.8) is 0 Å². The van der Waals surface area contributed by atoms with E-state index in [2.05, 4.69) is 40.5 Å². The van der Waals surface area contributed by atoms with Crippen molar-refractivity contribution < 1.29 is 14.3 Å². The molecular weight excluding hydrogens is 674 g/mol. The summed E-state index contributed by atoms with van der Waals surface area (Å²) in [6, 6.07) is 13.3. The van der Waals surface area contributed by atoms with Gasteiger partial charge in [0, 0.05) is 48.8 Å². The number of hydrogen-bond donors (Lipinski definition) is 1. The number of nitrogens with zero attached hydrogens (tertiary/aromatic N) is 8. The molecule has 1 N–H and O–H groups in total. The molecule has 0 aliphatic carbocycles. The molecule has 2 aromatic carbocycles. The van der Waals surface area contributed by atoms with Crippen LogP contribution in [0.2, 0.25) is 30.7 Å². The Kier molecular flexibility index (Phi) is 10.9. The normalized spacial score (nSPS) is 15.1. The Balaban J connectivity index is 1.42. The minimum absolute atomic E-state index is 0.218. The van der Waals surface area contributed by atoms with Crippen LogP contribution in [0.1, 0.15) is 49.5 Å². The number of halogens is 1. The Morgan fingerprint density at radius 1 is 1.02 bits per heavy atom. The summed E-state index contributed by atoms with van der Waals surface area (Å²) in [6.07, 6.45) is 10.0. The van der Waals surface area contributed by atoms with Gasteiger partial charge in [0.1, 0.15) is 18.9 Å². The molecule has 0 fully saturated rings. The summed E-state index contributed by atoms with van der Waals surface area (Å²) >= 11 is 6.38. The van der Waals surface area contributed by atoms with E-state index in [4.69, 9.17) is 31.0 Å². The van der Waals surface area contributed by atoms with E-state index in [9.17, 15) is 9.59 Å². The summed E-state index contributed by atoms with van der Waals surface area (Å²) in [6.45, 7) is 7.93. The Hall–Kier alpha value is -4.66. The van der Waals surface area contributed by atoms with Gasteiger partial charge in [0.25, 0.3) is 5.56 Å². The lowest BCUT2D eigenvalue weighted by molar-refractivity contribution is 0.0836. The summed E-state index contributed by atoms with van der Waals surface area (Å²) < 4.78 is 16.3. The summed E-state index contributed by atoms with van der Waals surface area (Å²) in [5, 5.41) is 14.8. The second-order valence-electron chi connectivity index (χ2n) is 13.7. The van der Waals surface area contributed by atoms with E-state index in [0.29, 0.717) is 47.4 Å². The van der Waals surface area contributed by atoms with Crippen molar-refractivity contribution in [2.45, 2.75) is 77.0 Å². The smallest absolute Gasteiger partial charge is 0.411 e. The average Bonchev–Trinajstić information content (AvgIpc) is 3.77. The predicted octanol–water partition coefficient (Wildman–Crippen LogP) is 6.99. The van der Waals surface area contributed by atoms with Gasteiger partial charge in [0.15, 0.2) is 0 Å². The lowest BCUT2D eigenvalue weighted by Gasteiger charge is -2.22. The zero-order chi connectivity index (χ0) is 35.3. The van der Waals surface area contributed by atoms with Crippen molar-refractivity contribution in [2.75, 3.05) is 19.0 Å². The van der Waals surface area contributed by atoms with E-state index in [1.165, 1.54) is 24.2 Å². The number of imidazole rings is 1. The van der Waals surface area contributed by atoms with Gasteiger partial charge in [-0.1, -0.05) is 56.6 Å². The second kappa shape index (κ2) is 15.5. The van der Waals surface area contributed by atoms with Crippen LogP contribution in [-0.2, 0) is 22.6 Å². The fourth-order valence-electron chi connectivity index (χ4n) is 6.14. The zero-order valence-electron chi connectivity index (χ0n) is 28.8. The first-order chi connectivity index (χ1) is 24.1. The number of ether oxygens (including phenoxy) is 2. The van der Waals surface area contributed by atoms with Crippen molar-refractivity contribution in [1.82, 2.24) is 39.3 Å². The highest BCUT2D eigenvalue weighted by Gasteiger charge is 2.25. The van der Waals surface area contributed by atoms with Crippen LogP contribution in [-0.4, -0.2) is 67.2 Å². The maximum atomic E-state index is 14.1. The molecule has 0 radical (unpaired) electrons. The van der Waals surface area contributed by atoms with E-state index in [0.717, 1.165) is 60.8 Å². The molecule has 4 heterocycles. The van der Waals surface area contributed by atoms with E-state index >= 15 is 0 Å². The molecule has 1 aliphatic heterocycles. The zero-order valence-corrected chi connectivity index (χ0v) is 30.6. The third-order valence-corrected chi connectivity index (χ3v) is 10.8. The molecule has 262 valence electrons. The Bertz CT molecular complexity index is 2010.